The zero-order valence-electron chi connectivity index (χ0n) is 13.5. The lowest BCUT2D eigenvalue weighted by molar-refractivity contribution is -0.147. The first-order valence-corrected chi connectivity index (χ1v) is 7.75. The molecule has 1 heterocycles. The third kappa shape index (κ3) is 4.00. The van der Waals surface area contributed by atoms with Gasteiger partial charge in [0, 0.05) is 13.1 Å². The lowest BCUT2D eigenvalue weighted by Crippen LogP contribution is -2.47. The van der Waals surface area contributed by atoms with Crippen LogP contribution in [0.25, 0.3) is 0 Å². The van der Waals surface area contributed by atoms with Crippen LogP contribution in [0.3, 0.4) is 0 Å². The first-order chi connectivity index (χ1) is 10.5. The van der Waals surface area contributed by atoms with E-state index >= 15 is 0 Å². The van der Waals surface area contributed by atoms with E-state index in [4.69, 9.17) is 4.74 Å². The summed E-state index contributed by atoms with van der Waals surface area (Å²) < 4.78 is 5.11. The Balaban J connectivity index is 1.93. The van der Waals surface area contributed by atoms with E-state index in [-0.39, 0.29) is 6.04 Å². The Morgan fingerprint density at radius 2 is 2.00 bits per heavy atom. The quantitative estimate of drug-likeness (QED) is 0.870. The van der Waals surface area contributed by atoms with Crippen molar-refractivity contribution in [1.29, 1.82) is 0 Å². The highest BCUT2D eigenvalue weighted by Crippen LogP contribution is 2.18. The predicted octanol–water partition coefficient (Wildman–Crippen LogP) is 2.13. The third-order valence-electron chi connectivity index (χ3n) is 4.10. The summed E-state index contributed by atoms with van der Waals surface area (Å²) in [5.41, 5.74) is 0.939. The van der Waals surface area contributed by atoms with Gasteiger partial charge in [0.2, 0.25) is 0 Å². The molecule has 1 aromatic rings. The Labute approximate surface area is 131 Å². The summed E-state index contributed by atoms with van der Waals surface area (Å²) in [6.07, 6.45) is 2.09. The molecule has 0 bridgehead atoms. The number of carbonyl (C=O) groups excluding carboxylic acids is 2. The molecule has 1 aromatic carbocycles. The number of hydrogen-bond donors (Lipinski definition) is 1. The van der Waals surface area contributed by atoms with Crippen LogP contribution in [0.15, 0.2) is 24.3 Å². The summed E-state index contributed by atoms with van der Waals surface area (Å²) in [6, 6.07) is 7.23. The van der Waals surface area contributed by atoms with Crippen LogP contribution in [0.4, 0.5) is 0 Å². The Kier molecular flexibility index (Phi) is 5.41. The van der Waals surface area contributed by atoms with Gasteiger partial charge >= 0.3 is 11.8 Å². The van der Waals surface area contributed by atoms with Gasteiger partial charge in [0.05, 0.1) is 13.2 Å². The van der Waals surface area contributed by atoms with Crippen LogP contribution in [0, 0.1) is 5.92 Å². The van der Waals surface area contributed by atoms with Crippen LogP contribution in [-0.4, -0.2) is 36.9 Å². The molecule has 0 aromatic heterocycles. The van der Waals surface area contributed by atoms with Crippen LogP contribution in [0.1, 0.15) is 38.3 Å². The average molecular weight is 304 g/mol. The number of amides is 2. The highest BCUT2D eigenvalue weighted by atomic mass is 16.5. The number of nitrogens with one attached hydrogen (secondary N) is 1. The Morgan fingerprint density at radius 1 is 1.32 bits per heavy atom. The first-order valence-electron chi connectivity index (χ1n) is 7.75. The van der Waals surface area contributed by atoms with E-state index in [2.05, 4.69) is 12.2 Å². The Hall–Kier alpha value is -2.04. The number of piperidine rings is 1. The molecule has 0 radical (unpaired) electrons. The second-order valence-corrected chi connectivity index (χ2v) is 5.97. The van der Waals surface area contributed by atoms with Crippen molar-refractivity contribution >= 4 is 11.8 Å². The Bertz CT molecular complexity index is 527. The van der Waals surface area contributed by atoms with Crippen molar-refractivity contribution in [3.8, 4) is 5.75 Å². The maximum absolute atomic E-state index is 12.2. The third-order valence-corrected chi connectivity index (χ3v) is 4.10. The molecule has 1 saturated heterocycles. The maximum Gasteiger partial charge on any atom is 0.311 e. The summed E-state index contributed by atoms with van der Waals surface area (Å²) in [5, 5.41) is 2.77. The molecule has 1 aliphatic heterocycles. The molecule has 2 rings (SSSR count). The fourth-order valence-electron chi connectivity index (χ4n) is 2.75. The molecular formula is C17H24N2O3. The first kappa shape index (κ1) is 16.3. The van der Waals surface area contributed by atoms with Gasteiger partial charge in [-0.25, -0.2) is 0 Å². The normalized spacial score (nSPS) is 19.4. The zero-order chi connectivity index (χ0) is 16.1. The number of likely N-dealkylation sites (tertiary alicyclic amines) is 1. The fraction of sp³-hybridized carbons (Fsp3) is 0.529. The van der Waals surface area contributed by atoms with Gasteiger partial charge in [0.1, 0.15) is 5.75 Å². The number of methoxy groups -OCH3 is 1. The van der Waals surface area contributed by atoms with E-state index < -0.39 is 11.8 Å². The predicted molar refractivity (Wildman–Crippen MR) is 84.5 cm³/mol. The topological polar surface area (TPSA) is 58.6 Å². The molecule has 0 saturated carbocycles. The van der Waals surface area contributed by atoms with Crippen molar-refractivity contribution in [3.63, 3.8) is 0 Å². The minimum absolute atomic E-state index is 0.218. The molecule has 5 nitrogen and oxygen atoms in total. The second-order valence-electron chi connectivity index (χ2n) is 5.97. The number of hydrogen-bond acceptors (Lipinski definition) is 3. The molecule has 2 amide bonds. The number of ether oxygens (including phenoxy) is 1. The van der Waals surface area contributed by atoms with Crippen LogP contribution in [0.5, 0.6) is 5.75 Å². The maximum atomic E-state index is 12.2. The van der Waals surface area contributed by atoms with E-state index in [1.54, 1.807) is 12.0 Å². The van der Waals surface area contributed by atoms with Crippen LogP contribution in [0.2, 0.25) is 0 Å². The largest absolute Gasteiger partial charge is 0.497 e. The molecular weight excluding hydrogens is 280 g/mol. The van der Waals surface area contributed by atoms with Crippen molar-refractivity contribution in [1.82, 2.24) is 10.2 Å². The van der Waals surface area contributed by atoms with Gasteiger partial charge in [-0.05, 0) is 43.4 Å². The summed E-state index contributed by atoms with van der Waals surface area (Å²) in [7, 11) is 1.61. The van der Waals surface area contributed by atoms with Crippen molar-refractivity contribution in [2.45, 2.75) is 32.7 Å². The average Bonchev–Trinajstić information content (AvgIpc) is 2.54. The van der Waals surface area contributed by atoms with Gasteiger partial charge < -0.3 is 15.0 Å². The lowest BCUT2D eigenvalue weighted by atomic mass is 10.0. The van der Waals surface area contributed by atoms with Crippen molar-refractivity contribution in [3.05, 3.63) is 29.8 Å². The summed E-state index contributed by atoms with van der Waals surface area (Å²) >= 11 is 0. The smallest absolute Gasteiger partial charge is 0.311 e. The summed E-state index contributed by atoms with van der Waals surface area (Å²) in [5.74, 6) is 0.273. The molecule has 2 unspecified atom stereocenters. The van der Waals surface area contributed by atoms with Gasteiger partial charge in [-0.15, -0.1) is 0 Å². The zero-order valence-corrected chi connectivity index (χ0v) is 13.5. The minimum atomic E-state index is -0.530. The molecule has 1 fully saturated rings. The molecule has 0 aliphatic carbocycles. The van der Waals surface area contributed by atoms with Crippen LogP contribution in [-0.2, 0) is 9.59 Å². The molecule has 1 aliphatic rings. The number of rotatable bonds is 3. The van der Waals surface area contributed by atoms with Gasteiger partial charge in [0.15, 0.2) is 0 Å². The van der Waals surface area contributed by atoms with E-state index in [1.807, 2.05) is 31.2 Å². The van der Waals surface area contributed by atoms with Crippen molar-refractivity contribution in [2.24, 2.45) is 5.92 Å². The summed E-state index contributed by atoms with van der Waals surface area (Å²) in [4.78, 5) is 26.0. The highest BCUT2D eigenvalue weighted by Gasteiger charge is 2.26. The number of carbonyl (C=O) groups is 2. The van der Waals surface area contributed by atoms with E-state index in [9.17, 15) is 9.59 Å². The SMILES string of the molecule is COc1ccc(C(C)NC(=O)C(=O)N2CCCC(C)C2)cc1. The second kappa shape index (κ2) is 7.29. The van der Waals surface area contributed by atoms with Gasteiger partial charge in [0.25, 0.3) is 0 Å². The van der Waals surface area contributed by atoms with E-state index in [0.29, 0.717) is 19.0 Å². The standard InChI is InChI=1S/C17H24N2O3/c1-12-5-4-10-19(11-12)17(21)16(20)18-13(2)14-6-8-15(22-3)9-7-14/h6-9,12-13H,4-5,10-11H2,1-3H3,(H,18,20). The fourth-order valence-corrected chi connectivity index (χ4v) is 2.75. The lowest BCUT2D eigenvalue weighted by Gasteiger charge is -2.30. The van der Waals surface area contributed by atoms with Gasteiger partial charge in [-0.1, -0.05) is 19.1 Å². The van der Waals surface area contributed by atoms with Crippen LogP contribution >= 0.6 is 0 Å². The van der Waals surface area contributed by atoms with Crippen molar-refractivity contribution in [2.75, 3.05) is 20.2 Å². The van der Waals surface area contributed by atoms with Gasteiger partial charge in [-0.3, -0.25) is 9.59 Å². The minimum Gasteiger partial charge on any atom is -0.497 e. The molecule has 0 spiro atoms. The molecule has 1 N–H and O–H groups in total. The van der Waals surface area contributed by atoms with E-state index in [0.717, 1.165) is 24.2 Å². The van der Waals surface area contributed by atoms with Crippen LogP contribution < -0.4 is 10.1 Å². The van der Waals surface area contributed by atoms with E-state index in [1.165, 1.54) is 0 Å². The molecule has 120 valence electrons. The number of benzene rings is 1. The Morgan fingerprint density at radius 3 is 2.59 bits per heavy atom. The van der Waals surface area contributed by atoms with Crippen molar-refractivity contribution < 1.29 is 14.3 Å². The highest BCUT2D eigenvalue weighted by molar-refractivity contribution is 6.35. The molecule has 2 atom stereocenters. The number of nitrogens with zero attached hydrogens (tertiary/aromatic N) is 1. The van der Waals surface area contributed by atoms with Gasteiger partial charge in [-0.2, -0.15) is 0 Å². The monoisotopic (exact) mass is 304 g/mol. The molecule has 5 heteroatoms. The molecule has 22 heavy (non-hydrogen) atoms. The summed E-state index contributed by atoms with van der Waals surface area (Å²) in [6.45, 7) is 5.32.